The molecule has 0 radical (unpaired) electrons. The van der Waals surface area contributed by atoms with Crippen LogP contribution in [0, 0.1) is 11.8 Å². The minimum Gasteiger partial charge on any atom is -0.413 e. The molecule has 0 aromatic carbocycles. The molecule has 3 heteroatoms. The van der Waals surface area contributed by atoms with Crippen LogP contribution in [0.2, 0.25) is 16.6 Å². The molecule has 2 aliphatic carbocycles. The molecule has 0 spiro atoms. The van der Waals surface area contributed by atoms with Gasteiger partial charge in [0.2, 0.25) is 8.32 Å². The van der Waals surface area contributed by atoms with Crippen LogP contribution in [0.3, 0.4) is 0 Å². The summed E-state index contributed by atoms with van der Waals surface area (Å²) < 4.78 is 6.97. The summed E-state index contributed by atoms with van der Waals surface area (Å²) >= 11 is 0. The summed E-state index contributed by atoms with van der Waals surface area (Å²) in [5.74, 6) is 1.16. The average molecular weight is 299 g/mol. The Hall–Kier alpha value is 0.137. The van der Waals surface area contributed by atoms with Gasteiger partial charge >= 0.3 is 0 Å². The molecule has 1 N–H and O–H groups in total. The number of aliphatic hydroxyl groups excluding tert-OH is 1. The van der Waals surface area contributed by atoms with E-state index in [0.717, 1.165) is 6.42 Å². The maximum absolute atomic E-state index is 10.1. The molecule has 2 fully saturated rings. The summed E-state index contributed by atoms with van der Waals surface area (Å²) in [6.45, 7) is 14.2. The van der Waals surface area contributed by atoms with E-state index in [9.17, 15) is 5.11 Å². The molecule has 2 nitrogen and oxygen atoms in total. The Labute approximate surface area is 126 Å². The van der Waals surface area contributed by atoms with Gasteiger partial charge < -0.3 is 9.53 Å². The zero-order valence-electron chi connectivity index (χ0n) is 14.2. The highest BCUT2D eigenvalue weighted by atomic mass is 28.4. The van der Waals surface area contributed by atoms with Crippen LogP contribution in [0.15, 0.2) is 0 Å². The van der Waals surface area contributed by atoms with Crippen molar-refractivity contribution in [2.75, 3.05) is 0 Å². The predicted octanol–water partition coefficient (Wildman–Crippen LogP) is 4.73. The summed E-state index contributed by atoms with van der Waals surface area (Å²) in [5.41, 5.74) is 1.98. The Morgan fingerprint density at radius 2 is 1.30 bits per heavy atom. The van der Waals surface area contributed by atoms with Crippen molar-refractivity contribution in [2.45, 2.75) is 96.1 Å². The molecule has 0 saturated heterocycles. The van der Waals surface area contributed by atoms with Crippen molar-refractivity contribution >= 4 is 8.32 Å². The van der Waals surface area contributed by atoms with Crippen LogP contribution in [0.25, 0.3) is 0 Å². The van der Waals surface area contributed by atoms with Crippen LogP contribution in [-0.4, -0.2) is 25.6 Å². The van der Waals surface area contributed by atoms with Crippen molar-refractivity contribution in [1.29, 1.82) is 0 Å². The Bertz CT molecular complexity index is 305. The second-order valence-electron chi connectivity index (χ2n) is 8.02. The number of aliphatic hydroxyl groups is 1. The molecule has 0 bridgehead atoms. The number of hydrogen-bond acceptors (Lipinski definition) is 2. The van der Waals surface area contributed by atoms with E-state index in [4.69, 9.17) is 4.43 Å². The summed E-state index contributed by atoms with van der Waals surface area (Å²) in [7, 11) is -1.76. The second-order valence-corrected chi connectivity index (χ2v) is 13.4. The first-order valence-corrected chi connectivity index (χ1v) is 10.8. The fourth-order valence-corrected chi connectivity index (χ4v) is 11.0. The van der Waals surface area contributed by atoms with Gasteiger partial charge in [-0.05, 0) is 54.1 Å². The standard InChI is InChI=1S/C17H34O2Si/c1-11(2)20(12(3)4,13(5)6)19-17-10-8-14-15(17)7-9-16(14)18/h11-18H,7-10H2,1-6H3/t14-,15-,16+,17+/m1/s1. The van der Waals surface area contributed by atoms with Crippen LogP contribution in [0.5, 0.6) is 0 Å². The van der Waals surface area contributed by atoms with Crippen molar-refractivity contribution in [3.05, 3.63) is 0 Å². The molecule has 0 amide bonds. The minimum atomic E-state index is -1.76. The molecular weight excluding hydrogens is 264 g/mol. The lowest BCUT2D eigenvalue weighted by Crippen LogP contribution is -2.50. The Balaban J connectivity index is 2.17. The molecule has 4 atom stereocenters. The van der Waals surface area contributed by atoms with E-state index in [0.29, 0.717) is 34.6 Å². The highest BCUT2D eigenvalue weighted by molar-refractivity contribution is 6.77. The van der Waals surface area contributed by atoms with Crippen LogP contribution in [0.1, 0.15) is 67.2 Å². The molecular formula is C17H34O2Si. The molecule has 0 aromatic heterocycles. The Morgan fingerprint density at radius 3 is 1.80 bits per heavy atom. The molecule has 2 rings (SSSR count). The molecule has 0 unspecified atom stereocenters. The largest absolute Gasteiger partial charge is 0.413 e. The number of fused-ring (bicyclic) bond motifs is 1. The first kappa shape index (κ1) is 16.5. The van der Waals surface area contributed by atoms with Gasteiger partial charge in [0.15, 0.2) is 0 Å². The molecule has 0 aliphatic heterocycles. The third kappa shape index (κ3) is 2.61. The number of hydrogen-bond donors (Lipinski definition) is 1. The lowest BCUT2D eigenvalue weighted by atomic mass is 9.98. The first-order valence-electron chi connectivity index (χ1n) is 8.66. The zero-order chi connectivity index (χ0) is 15.1. The molecule has 20 heavy (non-hydrogen) atoms. The van der Waals surface area contributed by atoms with Crippen molar-refractivity contribution in [3.63, 3.8) is 0 Å². The lowest BCUT2D eigenvalue weighted by molar-refractivity contribution is 0.101. The fourth-order valence-electron chi connectivity index (χ4n) is 5.33. The smallest absolute Gasteiger partial charge is 0.200 e. The summed E-state index contributed by atoms with van der Waals surface area (Å²) in [5, 5.41) is 10.1. The topological polar surface area (TPSA) is 29.5 Å². The third-order valence-corrected chi connectivity index (χ3v) is 12.3. The molecule has 0 aromatic rings. The van der Waals surface area contributed by atoms with Gasteiger partial charge in [0.05, 0.1) is 6.10 Å². The summed E-state index contributed by atoms with van der Waals surface area (Å²) in [6, 6.07) is 0. The van der Waals surface area contributed by atoms with Gasteiger partial charge in [-0.15, -0.1) is 0 Å². The van der Waals surface area contributed by atoms with Gasteiger partial charge in [0.1, 0.15) is 0 Å². The van der Waals surface area contributed by atoms with E-state index in [1.54, 1.807) is 0 Å². The lowest BCUT2D eigenvalue weighted by Gasteiger charge is -2.45. The van der Waals surface area contributed by atoms with Gasteiger partial charge in [-0.3, -0.25) is 0 Å². The first-order chi connectivity index (χ1) is 9.30. The Morgan fingerprint density at radius 1 is 0.800 bits per heavy atom. The van der Waals surface area contributed by atoms with E-state index in [-0.39, 0.29) is 6.10 Å². The fraction of sp³-hybridized carbons (Fsp3) is 1.00. The molecule has 0 heterocycles. The third-order valence-electron chi connectivity index (χ3n) is 6.16. The van der Waals surface area contributed by atoms with Crippen molar-refractivity contribution in [1.82, 2.24) is 0 Å². The van der Waals surface area contributed by atoms with Gasteiger partial charge in [-0.1, -0.05) is 41.5 Å². The molecule has 2 saturated carbocycles. The van der Waals surface area contributed by atoms with E-state index in [1.165, 1.54) is 19.3 Å². The minimum absolute atomic E-state index is 0.0539. The van der Waals surface area contributed by atoms with Crippen molar-refractivity contribution in [3.8, 4) is 0 Å². The van der Waals surface area contributed by atoms with E-state index >= 15 is 0 Å². The Kier molecular flexibility index (Phi) is 5.03. The van der Waals surface area contributed by atoms with E-state index in [2.05, 4.69) is 41.5 Å². The highest BCUT2D eigenvalue weighted by Crippen LogP contribution is 2.50. The SMILES string of the molecule is CC(C)[Si](O[C@H]1CC[C@@H]2[C@H]1CC[C@@H]2O)(C(C)C)C(C)C. The van der Waals surface area contributed by atoms with Gasteiger partial charge in [-0.2, -0.15) is 0 Å². The van der Waals surface area contributed by atoms with Gasteiger partial charge in [-0.25, -0.2) is 0 Å². The normalized spacial score (nSPS) is 34.5. The van der Waals surface area contributed by atoms with Crippen LogP contribution in [0.4, 0.5) is 0 Å². The summed E-state index contributed by atoms with van der Waals surface area (Å²) in [6.07, 6.45) is 4.89. The zero-order valence-corrected chi connectivity index (χ0v) is 15.2. The quantitative estimate of drug-likeness (QED) is 0.744. The van der Waals surface area contributed by atoms with Gasteiger partial charge in [0, 0.05) is 6.10 Å². The average Bonchev–Trinajstić information content (AvgIpc) is 2.89. The maximum Gasteiger partial charge on any atom is 0.200 e. The van der Waals surface area contributed by atoms with Crippen LogP contribution in [-0.2, 0) is 4.43 Å². The van der Waals surface area contributed by atoms with Crippen LogP contribution < -0.4 is 0 Å². The predicted molar refractivity (Wildman–Crippen MR) is 87.4 cm³/mol. The van der Waals surface area contributed by atoms with Crippen molar-refractivity contribution < 1.29 is 9.53 Å². The second kappa shape index (κ2) is 6.10. The maximum atomic E-state index is 10.1. The summed E-state index contributed by atoms with van der Waals surface area (Å²) in [4.78, 5) is 0. The molecule has 118 valence electrons. The van der Waals surface area contributed by atoms with Gasteiger partial charge in [0.25, 0.3) is 0 Å². The monoisotopic (exact) mass is 298 g/mol. The van der Waals surface area contributed by atoms with E-state index < -0.39 is 8.32 Å². The number of rotatable bonds is 5. The highest BCUT2D eigenvalue weighted by Gasteiger charge is 2.51. The molecule has 2 aliphatic rings. The van der Waals surface area contributed by atoms with E-state index in [1.807, 2.05) is 0 Å². The van der Waals surface area contributed by atoms with Crippen LogP contribution >= 0.6 is 0 Å². The van der Waals surface area contributed by atoms with Crippen molar-refractivity contribution in [2.24, 2.45) is 11.8 Å².